The second-order valence-electron chi connectivity index (χ2n) is 2.78. The third-order valence-electron chi connectivity index (χ3n) is 1.80. The highest BCUT2D eigenvalue weighted by Gasteiger charge is 2.16. The van der Waals surface area contributed by atoms with Gasteiger partial charge in [-0.2, -0.15) is 0 Å². The van der Waals surface area contributed by atoms with E-state index in [-0.39, 0.29) is 12.1 Å². The Bertz CT molecular complexity index is 405. The van der Waals surface area contributed by atoms with Crippen LogP contribution in [-0.4, -0.2) is 18.0 Å². The first kappa shape index (κ1) is 11.9. The molecule has 6 heteroatoms. The second kappa shape index (κ2) is 5.06. The van der Waals surface area contributed by atoms with Crippen molar-refractivity contribution in [3.8, 4) is 0 Å². The fourth-order valence-corrected chi connectivity index (χ4v) is 1.66. The van der Waals surface area contributed by atoms with Gasteiger partial charge in [0.15, 0.2) is 0 Å². The van der Waals surface area contributed by atoms with Crippen LogP contribution in [-0.2, 0) is 16.0 Å². The lowest BCUT2D eigenvalue weighted by Gasteiger charge is -2.02. The molecular weight excluding hydrogens is 313 g/mol. The van der Waals surface area contributed by atoms with Crippen LogP contribution in [0.1, 0.15) is 5.56 Å². The van der Waals surface area contributed by atoms with E-state index < -0.39 is 10.9 Å². The normalized spacial score (nSPS) is 9.73. The maximum Gasteiger partial charge on any atom is 0.310 e. The van der Waals surface area contributed by atoms with Crippen molar-refractivity contribution in [3.05, 3.63) is 37.4 Å². The molecule has 1 aromatic rings. The number of ether oxygens (including phenoxy) is 1. The van der Waals surface area contributed by atoms with Gasteiger partial charge in [0.1, 0.15) is 0 Å². The summed E-state index contributed by atoms with van der Waals surface area (Å²) in [6.45, 7) is 0. The highest BCUT2D eigenvalue weighted by molar-refractivity contribution is 14.1. The number of methoxy groups -OCH3 is 1. The Balaban J connectivity index is 3.07. The first-order chi connectivity index (χ1) is 7.04. The average molecular weight is 321 g/mol. The number of hydrogen-bond acceptors (Lipinski definition) is 4. The number of carbonyl (C=O) groups excluding carboxylic acids is 1. The number of hydrogen-bond donors (Lipinski definition) is 0. The fraction of sp³-hybridized carbons (Fsp3) is 0.222. The van der Waals surface area contributed by atoms with Crippen LogP contribution in [0, 0.1) is 13.7 Å². The highest BCUT2D eigenvalue weighted by atomic mass is 127. The molecule has 0 unspecified atom stereocenters. The fourth-order valence-electron chi connectivity index (χ4n) is 1.10. The van der Waals surface area contributed by atoms with Crippen molar-refractivity contribution in [1.29, 1.82) is 0 Å². The average Bonchev–Trinajstić information content (AvgIpc) is 2.17. The molecule has 0 bridgehead atoms. The van der Waals surface area contributed by atoms with Gasteiger partial charge in [-0.3, -0.25) is 14.9 Å². The number of nitro benzene ring substituents is 1. The molecule has 0 aliphatic rings. The Labute approximate surface area is 99.7 Å². The quantitative estimate of drug-likeness (QED) is 0.369. The summed E-state index contributed by atoms with van der Waals surface area (Å²) in [5, 5.41) is 10.7. The van der Waals surface area contributed by atoms with Gasteiger partial charge in [0.05, 0.1) is 18.5 Å². The van der Waals surface area contributed by atoms with Crippen LogP contribution in [0.2, 0.25) is 0 Å². The SMILES string of the molecule is COC(=O)Cc1cc(I)ccc1[N+](=O)[O-]. The van der Waals surface area contributed by atoms with Crippen molar-refractivity contribution in [2.75, 3.05) is 7.11 Å². The first-order valence-corrected chi connectivity index (χ1v) is 5.12. The zero-order valence-corrected chi connectivity index (χ0v) is 10.1. The zero-order valence-electron chi connectivity index (χ0n) is 7.90. The van der Waals surface area contributed by atoms with Gasteiger partial charge in [0, 0.05) is 15.2 Å². The van der Waals surface area contributed by atoms with E-state index in [0.717, 1.165) is 3.57 Å². The zero-order chi connectivity index (χ0) is 11.4. The molecule has 0 aliphatic carbocycles. The number of halogens is 1. The highest BCUT2D eigenvalue weighted by Crippen LogP contribution is 2.21. The van der Waals surface area contributed by atoms with Gasteiger partial charge in [0.2, 0.25) is 0 Å². The third-order valence-corrected chi connectivity index (χ3v) is 2.47. The molecule has 15 heavy (non-hydrogen) atoms. The van der Waals surface area contributed by atoms with Crippen LogP contribution in [0.5, 0.6) is 0 Å². The molecule has 1 aromatic carbocycles. The summed E-state index contributed by atoms with van der Waals surface area (Å²) in [7, 11) is 1.25. The summed E-state index contributed by atoms with van der Waals surface area (Å²) in [6.07, 6.45) is -0.0797. The standard InChI is InChI=1S/C9H8INO4/c1-15-9(12)5-6-4-7(10)2-3-8(6)11(13)14/h2-4H,5H2,1H3. The van der Waals surface area contributed by atoms with Gasteiger partial charge >= 0.3 is 5.97 Å². The van der Waals surface area contributed by atoms with Crippen molar-refractivity contribution in [2.45, 2.75) is 6.42 Å². The van der Waals surface area contributed by atoms with Crippen LogP contribution in [0.3, 0.4) is 0 Å². The molecule has 0 saturated heterocycles. The molecule has 0 N–H and O–H groups in total. The summed E-state index contributed by atoms with van der Waals surface area (Å²) >= 11 is 2.03. The van der Waals surface area contributed by atoms with E-state index in [0.29, 0.717) is 5.56 Å². The van der Waals surface area contributed by atoms with Crippen molar-refractivity contribution >= 4 is 34.2 Å². The van der Waals surface area contributed by atoms with E-state index in [9.17, 15) is 14.9 Å². The summed E-state index contributed by atoms with van der Waals surface area (Å²) in [4.78, 5) is 21.2. The van der Waals surface area contributed by atoms with Gasteiger partial charge in [0.25, 0.3) is 5.69 Å². The summed E-state index contributed by atoms with van der Waals surface area (Å²) < 4.78 is 5.31. The van der Waals surface area contributed by atoms with Crippen molar-refractivity contribution < 1.29 is 14.5 Å². The Kier molecular flexibility index (Phi) is 4.01. The summed E-state index contributed by atoms with van der Waals surface area (Å²) in [5.74, 6) is -0.486. The smallest absolute Gasteiger partial charge is 0.310 e. The van der Waals surface area contributed by atoms with E-state index >= 15 is 0 Å². The number of rotatable bonds is 3. The number of carbonyl (C=O) groups is 1. The number of nitrogens with zero attached hydrogens (tertiary/aromatic N) is 1. The number of nitro groups is 1. The maximum atomic E-state index is 11.0. The number of esters is 1. The molecule has 0 atom stereocenters. The first-order valence-electron chi connectivity index (χ1n) is 4.04. The molecular formula is C9H8INO4. The Morgan fingerprint density at radius 1 is 1.60 bits per heavy atom. The molecule has 0 radical (unpaired) electrons. The topological polar surface area (TPSA) is 69.4 Å². The lowest BCUT2D eigenvalue weighted by molar-refractivity contribution is -0.385. The minimum absolute atomic E-state index is 0.0548. The molecule has 0 saturated carbocycles. The third kappa shape index (κ3) is 3.15. The molecule has 0 amide bonds. The Morgan fingerprint density at radius 2 is 2.27 bits per heavy atom. The molecule has 5 nitrogen and oxygen atoms in total. The van der Waals surface area contributed by atoms with E-state index in [2.05, 4.69) is 4.74 Å². The van der Waals surface area contributed by atoms with Crippen LogP contribution in [0.4, 0.5) is 5.69 Å². The molecule has 1 rings (SSSR count). The minimum Gasteiger partial charge on any atom is -0.469 e. The molecule has 0 spiro atoms. The largest absolute Gasteiger partial charge is 0.469 e. The lowest BCUT2D eigenvalue weighted by Crippen LogP contribution is -2.07. The van der Waals surface area contributed by atoms with Gasteiger partial charge < -0.3 is 4.74 Å². The van der Waals surface area contributed by atoms with E-state index in [1.54, 1.807) is 12.1 Å². The molecule has 0 heterocycles. The summed E-state index contributed by atoms with van der Waals surface area (Å²) in [5.41, 5.74) is 0.319. The number of benzene rings is 1. The van der Waals surface area contributed by atoms with Crippen molar-refractivity contribution in [3.63, 3.8) is 0 Å². The van der Waals surface area contributed by atoms with Crippen molar-refractivity contribution in [1.82, 2.24) is 0 Å². The minimum atomic E-state index is -0.506. The van der Waals surface area contributed by atoms with Crippen molar-refractivity contribution in [2.24, 2.45) is 0 Å². The van der Waals surface area contributed by atoms with E-state index in [1.165, 1.54) is 13.2 Å². The van der Waals surface area contributed by atoms with E-state index in [1.807, 2.05) is 22.6 Å². The second-order valence-corrected chi connectivity index (χ2v) is 4.03. The lowest BCUT2D eigenvalue weighted by atomic mass is 10.1. The molecule has 80 valence electrons. The molecule has 0 aliphatic heterocycles. The van der Waals surface area contributed by atoms with Crippen LogP contribution in [0.15, 0.2) is 18.2 Å². The predicted molar refractivity (Wildman–Crippen MR) is 61.5 cm³/mol. The van der Waals surface area contributed by atoms with Crippen LogP contribution < -0.4 is 0 Å². The van der Waals surface area contributed by atoms with Gasteiger partial charge in [-0.1, -0.05) is 0 Å². The Hall–Kier alpha value is -1.18. The predicted octanol–water partition coefficient (Wildman–Crippen LogP) is 1.91. The monoisotopic (exact) mass is 321 g/mol. The van der Waals surface area contributed by atoms with E-state index in [4.69, 9.17) is 0 Å². The van der Waals surface area contributed by atoms with Gasteiger partial charge in [-0.25, -0.2) is 0 Å². The van der Waals surface area contributed by atoms with Gasteiger partial charge in [-0.15, -0.1) is 0 Å². The van der Waals surface area contributed by atoms with Crippen LogP contribution >= 0.6 is 22.6 Å². The van der Waals surface area contributed by atoms with Crippen LogP contribution in [0.25, 0.3) is 0 Å². The molecule has 0 fully saturated rings. The maximum absolute atomic E-state index is 11.0. The molecule has 0 aromatic heterocycles. The Morgan fingerprint density at radius 3 is 2.80 bits per heavy atom. The van der Waals surface area contributed by atoms with Gasteiger partial charge in [-0.05, 0) is 34.7 Å². The summed E-state index contributed by atoms with van der Waals surface area (Å²) in [6, 6.07) is 4.62.